The largest absolute Gasteiger partial charge is 0.341 e. The van der Waals surface area contributed by atoms with Gasteiger partial charge in [0, 0.05) is 29.8 Å². The van der Waals surface area contributed by atoms with E-state index in [0.717, 1.165) is 5.69 Å². The third-order valence-electron chi connectivity index (χ3n) is 6.49. The number of rotatable bonds is 4. The number of carbonyl (C=O) groups is 3. The van der Waals surface area contributed by atoms with Gasteiger partial charge in [0.25, 0.3) is 0 Å². The van der Waals surface area contributed by atoms with E-state index in [1.165, 1.54) is 0 Å². The molecule has 4 rings (SSSR count). The van der Waals surface area contributed by atoms with Crippen LogP contribution in [0, 0.1) is 12.3 Å². The second kappa shape index (κ2) is 9.29. The number of benzene rings is 1. The summed E-state index contributed by atoms with van der Waals surface area (Å²) in [5, 5.41) is 6.19. The van der Waals surface area contributed by atoms with Crippen molar-refractivity contribution in [1.29, 1.82) is 0 Å². The Morgan fingerprint density at radius 1 is 1.15 bits per heavy atom. The highest BCUT2D eigenvalue weighted by Crippen LogP contribution is 2.28. The fourth-order valence-electron chi connectivity index (χ4n) is 4.58. The molecule has 2 aliphatic rings. The number of fused-ring (bicyclic) bond motifs is 1. The zero-order valence-corrected chi connectivity index (χ0v) is 20.7. The molecule has 0 bridgehead atoms. The first-order valence-electron chi connectivity index (χ1n) is 11.5. The highest BCUT2D eigenvalue weighted by atomic mass is 35.5. The number of anilines is 1. The second-order valence-electron chi connectivity index (χ2n) is 10.0. The number of aryl methyl sites for hydroxylation is 1. The van der Waals surface area contributed by atoms with Crippen molar-refractivity contribution in [3.63, 3.8) is 0 Å². The zero-order chi connectivity index (χ0) is 24.6. The quantitative estimate of drug-likeness (QED) is 0.685. The van der Waals surface area contributed by atoms with Gasteiger partial charge in [-0.15, -0.1) is 0 Å². The molecule has 0 radical (unpaired) electrons. The predicted octanol–water partition coefficient (Wildman–Crippen LogP) is 3.86. The Bertz CT molecular complexity index is 1080. The first-order valence-corrected chi connectivity index (χ1v) is 11.9. The number of nitrogens with one attached hydrogen (secondary N) is 2. The van der Waals surface area contributed by atoms with Gasteiger partial charge in [-0.25, -0.2) is 14.6 Å². The SMILES string of the molecule is Cc1ncc2n1C(=O)N(C1CCN(C(=O)[C@H](NC(=O)Nc3ccc(Cl)cc3)C(C)(C)C)CC1)C2. The van der Waals surface area contributed by atoms with Gasteiger partial charge in [-0.1, -0.05) is 32.4 Å². The standard InChI is InChI=1S/C24H31ClN6O3/c1-15-26-13-19-14-30(23(34)31(15)19)18-9-11-29(12-10-18)21(32)20(24(2,3)4)28-22(33)27-17-7-5-16(25)6-8-17/h5-8,13,18,20H,9-12,14H2,1-4H3,(H2,27,28,33)/t20-/m0/s1. The molecule has 2 aromatic rings. The van der Waals surface area contributed by atoms with Gasteiger partial charge < -0.3 is 20.4 Å². The molecule has 1 aromatic carbocycles. The normalized spacial score (nSPS) is 17.5. The number of carbonyl (C=O) groups excluding carboxylic acids is 3. The van der Waals surface area contributed by atoms with Crippen LogP contribution in [0.1, 0.15) is 45.1 Å². The molecule has 0 saturated carbocycles. The van der Waals surface area contributed by atoms with Crippen LogP contribution in [0.4, 0.5) is 15.3 Å². The summed E-state index contributed by atoms with van der Waals surface area (Å²) >= 11 is 5.90. The van der Waals surface area contributed by atoms with Crippen molar-refractivity contribution < 1.29 is 14.4 Å². The van der Waals surface area contributed by atoms with Gasteiger partial charge in [-0.3, -0.25) is 9.36 Å². The van der Waals surface area contributed by atoms with E-state index in [1.807, 2.05) is 32.6 Å². The summed E-state index contributed by atoms with van der Waals surface area (Å²) in [4.78, 5) is 46.8. The predicted molar refractivity (Wildman–Crippen MR) is 130 cm³/mol. The molecule has 2 N–H and O–H groups in total. The maximum atomic E-state index is 13.4. The number of piperidine rings is 1. The van der Waals surface area contributed by atoms with Gasteiger partial charge in [-0.05, 0) is 49.4 Å². The fraction of sp³-hybridized carbons (Fsp3) is 0.500. The van der Waals surface area contributed by atoms with Gasteiger partial charge in [0.05, 0.1) is 18.4 Å². The van der Waals surface area contributed by atoms with Crippen molar-refractivity contribution in [2.45, 2.75) is 59.2 Å². The van der Waals surface area contributed by atoms with Gasteiger partial charge in [-0.2, -0.15) is 0 Å². The maximum absolute atomic E-state index is 13.4. The fourth-order valence-corrected chi connectivity index (χ4v) is 4.71. The Morgan fingerprint density at radius 3 is 2.38 bits per heavy atom. The summed E-state index contributed by atoms with van der Waals surface area (Å²) in [7, 11) is 0. The molecule has 182 valence electrons. The number of amides is 4. The number of hydrogen-bond acceptors (Lipinski definition) is 4. The second-order valence-corrected chi connectivity index (χ2v) is 10.4. The summed E-state index contributed by atoms with van der Waals surface area (Å²) in [6.07, 6.45) is 3.14. The van der Waals surface area contributed by atoms with E-state index in [0.29, 0.717) is 49.0 Å². The molecule has 4 amide bonds. The van der Waals surface area contributed by atoms with Gasteiger partial charge in [0.1, 0.15) is 11.9 Å². The van der Waals surface area contributed by atoms with Crippen LogP contribution in [0.2, 0.25) is 5.02 Å². The van der Waals surface area contributed by atoms with Gasteiger partial charge >= 0.3 is 12.1 Å². The van der Waals surface area contributed by atoms with E-state index in [9.17, 15) is 14.4 Å². The summed E-state index contributed by atoms with van der Waals surface area (Å²) in [5.41, 5.74) is 1.02. The maximum Gasteiger partial charge on any atom is 0.330 e. The lowest BCUT2D eigenvalue weighted by atomic mass is 9.85. The topological polar surface area (TPSA) is 99.6 Å². The van der Waals surface area contributed by atoms with Crippen LogP contribution in [0.15, 0.2) is 30.5 Å². The summed E-state index contributed by atoms with van der Waals surface area (Å²) in [5.74, 6) is 0.586. The van der Waals surface area contributed by atoms with Crippen molar-refractivity contribution in [3.05, 3.63) is 47.0 Å². The molecule has 2 aliphatic heterocycles. The van der Waals surface area contributed by atoms with Crippen LogP contribution in [-0.2, 0) is 11.3 Å². The number of urea groups is 1. The Hall–Kier alpha value is -3.07. The Kier molecular flexibility index (Phi) is 6.58. The van der Waals surface area contributed by atoms with E-state index >= 15 is 0 Å². The average molecular weight is 487 g/mol. The zero-order valence-electron chi connectivity index (χ0n) is 20.0. The van der Waals surface area contributed by atoms with Crippen molar-refractivity contribution >= 4 is 35.3 Å². The molecule has 0 spiro atoms. The summed E-state index contributed by atoms with van der Waals surface area (Å²) < 4.78 is 1.66. The van der Waals surface area contributed by atoms with Crippen LogP contribution >= 0.6 is 11.6 Å². The van der Waals surface area contributed by atoms with Crippen molar-refractivity contribution in [2.24, 2.45) is 5.41 Å². The van der Waals surface area contributed by atoms with Gasteiger partial charge in [0.2, 0.25) is 5.91 Å². The minimum Gasteiger partial charge on any atom is -0.341 e. The molecule has 3 heterocycles. The third kappa shape index (κ3) is 4.89. The highest BCUT2D eigenvalue weighted by molar-refractivity contribution is 6.30. The summed E-state index contributed by atoms with van der Waals surface area (Å²) in [6, 6.07) is 5.68. The number of halogens is 1. The molecule has 34 heavy (non-hydrogen) atoms. The Labute approximate surface area is 204 Å². The van der Waals surface area contributed by atoms with Gasteiger partial charge in [0.15, 0.2) is 0 Å². The minimum absolute atomic E-state index is 0.0390. The number of imidazole rings is 1. The molecular weight excluding hydrogens is 456 g/mol. The lowest BCUT2D eigenvalue weighted by Gasteiger charge is -2.40. The van der Waals surface area contributed by atoms with E-state index in [2.05, 4.69) is 15.6 Å². The first kappa shape index (κ1) is 24.1. The molecule has 1 aromatic heterocycles. The van der Waals surface area contributed by atoms with Crippen molar-refractivity contribution in [3.8, 4) is 0 Å². The van der Waals surface area contributed by atoms with Crippen LogP contribution in [0.3, 0.4) is 0 Å². The van der Waals surface area contributed by atoms with Crippen LogP contribution in [0.25, 0.3) is 0 Å². The molecule has 1 atom stereocenters. The Morgan fingerprint density at radius 2 is 1.79 bits per heavy atom. The van der Waals surface area contributed by atoms with E-state index in [-0.39, 0.29) is 18.0 Å². The molecule has 1 fully saturated rings. The van der Waals surface area contributed by atoms with E-state index in [4.69, 9.17) is 11.6 Å². The van der Waals surface area contributed by atoms with Crippen LogP contribution in [-0.4, -0.2) is 62.5 Å². The molecule has 1 saturated heterocycles. The smallest absolute Gasteiger partial charge is 0.330 e. The monoisotopic (exact) mass is 486 g/mol. The van der Waals surface area contributed by atoms with Crippen LogP contribution < -0.4 is 10.6 Å². The highest BCUT2D eigenvalue weighted by Gasteiger charge is 2.40. The first-order chi connectivity index (χ1) is 16.0. The van der Waals surface area contributed by atoms with Crippen molar-refractivity contribution in [1.82, 2.24) is 24.7 Å². The molecule has 9 nitrogen and oxygen atoms in total. The average Bonchev–Trinajstić information content (AvgIpc) is 3.32. The molecule has 10 heteroatoms. The number of aromatic nitrogens is 2. The van der Waals surface area contributed by atoms with Crippen molar-refractivity contribution in [2.75, 3.05) is 18.4 Å². The Balaban J connectivity index is 1.36. The molecular formula is C24H31ClN6O3. The number of likely N-dealkylation sites (tertiary alicyclic amines) is 1. The molecule has 0 aliphatic carbocycles. The van der Waals surface area contributed by atoms with E-state index in [1.54, 1.807) is 39.9 Å². The third-order valence-corrected chi connectivity index (χ3v) is 6.74. The minimum atomic E-state index is -0.695. The molecule has 0 unspecified atom stereocenters. The lowest BCUT2D eigenvalue weighted by molar-refractivity contribution is -0.137. The van der Waals surface area contributed by atoms with E-state index < -0.39 is 17.5 Å². The number of hydrogen-bond donors (Lipinski definition) is 2. The number of nitrogens with zero attached hydrogens (tertiary/aromatic N) is 4. The lowest BCUT2D eigenvalue weighted by Crippen LogP contribution is -2.57. The summed E-state index contributed by atoms with van der Waals surface area (Å²) in [6.45, 7) is 9.24. The van der Waals surface area contributed by atoms with Crippen LogP contribution in [0.5, 0.6) is 0 Å².